The molecule has 0 fully saturated rings. The van der Waals surface area contributed by atoms with Crippen LogP contribution in [0.1, 0.15) is 31.4 Å². The van der Waals surface area contributed by atoms with Crippen LogP contribution in [-0.4, -0.2) is 26.0 Å². The Labute approximate surface area is 93.3 Å². The standard InChI is InChI=1S/C13H22N2/c1-5-6-13(15(3)4)11-7-9-12(14-2)10-8-11/h7-10,13-14H,5-6H2,1-4H3. The summed E-state index contributed by atoms with van der Waals surface area (Å²) >= 11 is 0. The highest BCUT2D eigenvalue weighted by Gasteiger charge is 2.12. The normalized spacial score (nSPS) is 12.9. The van der Waals surface area contributed by atoms with Gasteiger partial charge in [-0.15, -0.1) is 0 Å². The quantitative estimate of drug-likeness (QED) is 0.796. The molecule has 1 unspecified atom stereocenters. The van der Waals surface area contributed by atoms with Gasteiger partial charge in [-0.05, 0) is 38.2 Å². The average molecular weight is 206 g/mol. The zero-order valence-corrected chi connectivity index (χ0v) is 10.2. The number of hydrogen-bond acceptors (Lipinski definition) is 2. The zero-order valence-electron chi connectivity index (χ0n) is 10.2. The molecule has 0 aliphatic rings. The van der Waals surface area contributed by atoms with Crippen molar-refractivity contribution in [3.8, 4) is 0 Å². The first kappa shape index (κ1) is 12.1. The molecule has 0 aromatic heterocycles. The van der Waals surface area contributed by atoms with Crippen molar-refractivity contribution >= 4 is 5.69 Å². The molecule has 15 heavy (non-hydrogen) atoms. The molecule has 2 heteroatoms. The molecule has 0 bridgehead atoms. The van der Waals surface area contributed by atoms with E-state index in [2.05, 4.69) is 55.5 Å². The summed E-state index contributed by atoms with van der Waals surface area (Å²) in [5.41, 5.74) is 2.58. The largest absolute Gasteiger partial charge is 0.388 e. The molecule has 1 N–H and O–H groups in total. The van der Waals surface area contributed by atoms with Crippen molar-refractivity contribution in [3.63, 3.8) is 0 Å². The van der Waals surface area contributed by atoms with Crippen LogP contribution in [0.15, 0.2) is 24.3 Å². The molecule has 1 aromatic carbocycles. The lowest BCUT2D eigenvalue weighted by atomic mass is 10.0. The fraction of sp³-hybridized carbons (Fsp3) is 0.538. The smallest absolute Gasteiger partial charge is 0.0341 e. The van der Waals surface area contributed by atoms with Crippen LogP contribution in [0.25, 0.3) is 0 Å². The molecular weight excluding hydrogens is 184 g/mol. The molecule has 0 heterocycles. The molecule has 0 aliphatic heterocycles. The molecule has 84 valence electrons. The van der Waals surface area contributed by atoms with E-state index >= 15 is 0 Å². The Kier molecular flexibility index (Phi) is 4.63. The fourth-order valence-electron chi connectivity index (χ4n) is 1.87. The molecule has 0 radical (unpaired) electrons. The van der Waals surface area contributed by atoms with E-state index in [1.54, 1.807) is 0 Å². The van der Waals surface area contributed by atoms with E-state index in [1.807, 2.05) is 7.05 Å². The van der Waals surface area contributed by atoms with Gasteiger partial charge in [-0.3, -0.25) is 0 Å². The lowest BCUT2D eigenvalue weighted by Crippen LogP contribution is -2.19. The summed E-state index contributed by atoms with van der Waals surface area (Å²) in [5.74, 6) is 0. The van der Waals surface area contributed by atoms with Crippen LogP contribution in [0.4, 0.5) is 5.69 Å². The van der Waals surface area contributed by atoms with Gasteiger partial charge >= 0.3 is 0 Å². The minimum absolute atomic E-state index is 0.543. The maximum atomic E-state index is 3.14. The molecule has 2 nitrogen and oxygen atoms in total. The lowest BCUT2D eigenvalue weighted by molar-refractivity contribution is 0.282. The highest BCUT2D eigenvalue weighted by atomic mass is 15.1. The number of hydrogen-bond donors (Lipinski definition) is 1. The summed E-state index contributed by atoms with van der Waals surface area (Å²) < 4.78 is 0. The first-order valence-corrected chi connectivity index (χ1v) is 5.63. The fourth-order valence-corrected chi connectivity index (χ4v) is 1.87. The average Bonchev–Trinajstić information content (AvgIpc) is 2.26. The predicted octanol–water partition coefficient (Wildman–Crippen LogP) is 3.13. The van der Waals surface area contributed by atoms with Gasteiger partial charge in [0.05, 0.1) is 0 Å². The highest BCUT2D eigenvalue weighted by Crippen LogP contribution is 2.24. The summed E-state index contributed by atoms with van der Waals surface area (Å²) in [5, 5.41) is 3.14. The maximum absolute atomic E-state index is 3.14. The molecule has 0 spiro atoms. The van der Waals surface area contributed by atoms with Crippen LogP contribution in [0.3, 0.4) is 0 Å². The lowest BCUT2D eigenvalue weighted by Gasteiger charge is -2.24. The van der Waals surface area contributed by atoms with Crippen LogP contribution in [-0.2, 0) is 0 Å². The second kappa shape index (κ2) is 5.76. The monoisotopic (exact) mass is 206 g/mol. The van der Waals surface area contributed by atoms with Gasteiger partial charge in [-0.25, -0.2) is 0 Å². The van der Waals surface area contributed by atoms with Crippen molar-refractivity contribution in [2.24, 2.45) is 0 Å². The number of benzene rings is 1. The van der Waals surface area contributed by atoms with Crippen molar-refractivity contribution in [2.45, 2.75) is 25.8 Å². The van der Waals surface area contributed by atoms with Crippen LogP contribution in [0.5, 0.6) is 0 Å². The first-order chi connectivity index (χ1) is 7.19. The van der Waals surface area contributed by atoms with Gasteiger partial charge < -0.3 is 10.2 Å². The van der Waals surface area contributed by atoms with Crippen LogP contribution in [0.2, 0.25) is 0 Å². The Bertz CT molecular complexity index is 277. The molecule has 1 rings (SSSR count). The number of anilines is 1. The van der Waals surface area contributed by atoms with Crippen molar-refractivity contribution in [3.05, 3.63) is 29.8 Å². The SMILES string of the molecule is CCCC(c1ccc(NC)cc1)N(C)C. The zero-order chi connectivity index (χ0) is 11.3. The molecule has 1 atom stereocenters. The Hall–Kier alpha value is -1.02. The van der Waals surface area contributed by atoms with Crippen molar-refractivity contribution < 1.29 is 0 Å². The number of rotatable bonds is 5. The summed E-state index contributed by atoms with van der Waals surface area (Å²) in [6.45, 7) is 2.23. The Morgan fingerprint density at radius 1 is 1.20 bits per heavy atom. The van der Waals surface area contributed by atoms with Crippen LogP contribution >= 0.6 is 0 Å². The van der Waals surface area contributed by atoms with Gasteiger partial charge in [0.2, 0.25) is 0 Å². The number of nitrogens with one attached hydrogen (secondary N) is 1. The topological polar surface area (TPSA) is 15.3 Å². The first-order valence-electron chi connectivity index (χ1n) is 5.63. The summed E-state index contributed by atoms with van der Waals surface area (Å²) in [4.78, 5) is 2.29. The second-order valence-electron chi connectivity index (χ2n) is 4.14. The third-order valence-electron chi connectivity index (χ3n) is 2.77. The van der Waals surface area contributed by atoms with Gasteiger partial charge in [0, 0.05) is 18.8 Å². The predicted molar refractivity (Wildman–Crippen MR) is 67.3 cm³/mol. The number of nitrogens with zero attached hydrogens (tertiary/aromatic N) is 1. The third kappa shape index (κ3) is 3.24. The van der Waals surface area contributed by atoms with Gasteiger partial charge in [0.25, 0.3) is 0 Å². The van der Waals surface area contributed by atoms with Gasteiger partial charge in [-0.2, -0.15) is 0 Å². The Morgan fingerprint density at radius 3 is 2.20 bits per heavy atom. The van der Waals surface area contributed by atoms with E-state index in [1.165, 1.54) is 24.1 Å². The summed E-state index contributed by atoms with van der Waals surface area (Å²) in [6.07, 6.45) is 2.43. The summed E-state index contributed by atoms with van der Waals surface area (Å²) in [6, 6.07) is 9.25. The molecule has 0 aliphatic carbocycles. The van der Waals surface area contributed by atoms with Crippen LogP contribution < -0.4 is 5.32 Å². The highest BCUT2D eigenvalue weighted by molar-refractivity contribution is 5.44. The maximum Gasteiger partial charge on any atom is 0.0341 e. The second-order valence-corrected chi connectivity index (χ2v) is 4.14. The minimum Gasteiger partial charge on any atom is -0.388 e. The Morgan fingerprint density at radius 2 is 1.80 bits per heavy atom. The minimum atomic E-state index is 0.543. The van der Waals surface area contributed by atoms with Crippen molar-refractivity contribution in [1.29, 1.82) is 0 Å². The summed E-state index contributed by atoms with van der Waals surface area (Å²) in [7, 11) is 6.24. The van der Waals surface area contributed by atoms with E-state index in [9.17, 15) is 0 Å². The molecule has 0 saturated heterocycles. The molecule has 1 aromatic rings. The third-order valence-corrected chi connectivity index (χ3v) is 2.77. The van der Waals surface area contributed by atoms with E-state index in [0.717, 1.165) is 0 Å². The van der Waals surface area contributed by atoms with E-state index in [-0.39, 0.29) is 0 Å². The molecule has 0 saturated carbocycles. The van der Waals surface area contributed by atoms with Gasteiger partial charge in [0.1, 0.15) is 0 Å². The molecule has 0 amide bonds. The van der Waals surface area contributed by atoms with Gasteiger partial charge in [0.15, 0.2) is 0 Å². The Balaban J connectivity index is 2.81. The van der Waals surface area contributed by atoms with E-state index in [0.29, 0.717) is 6.04 Å². The van der Waals surface area contributed by atoms with E-state index < -0.39 is 0 Å². The van der Waals surface area contributed by atoms with E-state index in [4.69, 9.17) is 0 Å². The van der Waals surface area contributed by atoms with Crippen LogP contribution in [0, 0.1) is 0 Å². The van der Waals surface area contributed by atoms with Crippen molar-refractivity contribution in [2.75, 3.05) is 26.5 Å². The van der Waals surface area contributed by atoms with Crippen molar-refractivity contribution in [1.82, 2.24) is 4.90 Å². The van der Waals surface area contributed by atoms with Gasteiger partial charge in [-0.1, -0.05) is 25.5 Å². The molecular formula is C13H22N2.